The predicted molar refractivity (Wildman–Crippen MR) is 193 cm³/mol. The Balaban J connectivity index is 0.000000185. The van der Waals surface area contributed by atoms with Crippen molar-refractivity contribution < 1.29 is 42.2 Å². The number of benzene rings is 2. The fraction of sp³-hybridized carbons (Fsp3) is 0.378. The summed E-state index contributed by atoms with van der Waals surface area (Å²) >= 11 is 0. The van der Waals surface area contributed by atoms with Gasteiger partial charge in [0, 0.05) is 44.3 Å². The van der Waals surface area contributed by atoms with E-state index < -0.39 is 36.0 Å². The standard InChI is InChI=1S/C19H20FN5O3.C18H20FN3O4/c1-11-21-6-13-8-24(10-17(13)23-11)18-4-3-14(5-16(18)20)25-9-15(28-19(25)27)7-22-12(2)26;1-3-12-8-21(10-17(12)24)16-5-4-13(6-15(16)19)22-9-14(26-18(22)25)7-20-11(2)23/h3-6,15H,7-10H2,1-2H3,(H,22,26);3-6,14H,7-10H2,1-2H3,(H,20,23)/t15-;14-/m00/s1. The molecule has 0 bridgehead atoms. The summed E-state index contributed by atoms with van der Waals surface area (Å²) in [6.07, 6.45) is 1.43. The molecule has 3 aromatic rings. The molecule has 7 rings (SSSR count). The highest BCUT2D eigenvalue weighted by Gasteiger charge is 2.35. The second-order valence-corrected chi connectivity index (χ2v) is 13.2. The molecule has 0 aliphatic carbocycles. The average Bonchev–Trinajstić information content (AvgIpc) is 3.91. The molecule has 54 heavy (non-hydrogen) atoms. The van der Waals surface area contributed by atoms with E-state index in [4.69, 9.17) is 9.47 Å². The van der Waals surface area contributed by atoms with Crippen LogP contribution in [0.2, 0.25) is 0 Å². The molecule has 2 N–H and O–H groups in total. The van der Waals surface area contributed by atoms with Gasteiger partial charge in [-0.05, 0) is 50.2 Å². The van der Waals surface area contributed by atoms with E-state index in [1.807, 2.05) is 11.8 Å². The SMILES string of the molecule is CC(=O)NC[C@H]1CN(c2ccc(N3Cc4cnc(C)nc4C3)c(F)c2)C(=O)O1.CC=C1CN(c2ccc(N3C[C@H](CNC(C)=O)OC3=O)cc2F)CC1=O. The van der Waals surface area contributed by atoms with Crippen LogP contribution in [0.3, 0.4) is 0 Å². The Morgan fingerprint density at radius 3 is 1.80 bits per heavy atom. The zero-order chi connectivity index (χ0) is 38.7. The van der Waals surface area contributed by atoms with Crippen molar-refractivity contribution in [2.45, 2.75) is 53.0 Å². The van der Waals surface area contributed by atoms with Gasteiger partial charge in [-0.25, -0.2) is 28.3 Å². The van der Waals surface area contributed by atoms with Gasteiger partial charge in [0.2, 0.25) is 11.8 Å². The molecule has 0 radical (unpaired) electrons. The quantitative estimate of drug-likeness (QED) is 0.324. The van der Waals surface area contributed by atoms with E-state index in [1.54, 1.807) is 48.4 Å². The number of nitrogens with one attached hydrogen (secondary N) is 2. The number of hydrogen-bond acceptors (Lipinski definition) is 11. The fourth-order valence-corrected chi connectivity index (χ4v) is 6.50. The van der Waals surface area contributed by atoms with Crippen LogP contribution in [0, 0.1) is 18.6 Å². The first-order valence-electron chi connectivity index (χ1n) is 17.3. The van der Waals surface area contributed by atoms with Crippen LogP contribution in [-0.2, 0) is 36.9 Å². The molecule has 3 saturated heterocycles. The second kappa shape index (κ2) is 15.9. The molecule has 17 heteroatoms. The molecule has 4 aliphatic rings. The topological polar surface area (TPSA) is 167 Å². The van der Waals surface area contributed by atoms with Crippen LogP contribution < -0.4 is 30.2 Å². The number of fused-ring (bicyclic) bond motifs is 1. The summed E-state index contributed by atoms with van der Waals surface area (Å²) in [5.74, 6) is -0.663. The van der Waals surface area contributed by atoms with Gasteiger partial charge in [-0.15, -0.1) is 0 Å². The van der Waals surface area contributed by atoms with Crippen molar-refractivity contribution in [2.75, 3.05) is 58.9 Å². The molecule has 1 aromatic heterocycles. The third-order valence-electron chi connectivity index (χ3n) is 9.25. The van der Waals surface area contributed by atoms with Gasteiger partial charge in [0.25, 0.3) is 0 Å². The largest absolute Gasteiger partial charge is 0.442 e. The normalized spacial score (nSPS) is 19.8. The van der Waals surface area contributed by atoms with Crippen molar-refractivity contribution in [3.63, 3.8) is 0 Å². The van der Waals surface area contributed by atoms with Gasteiger partial charge in [-0.1, -0.05) is 6.08 Å². The molecule has 2 atom stereocenters. The number of hydrogen-bond donors (Lipinski definition) is 2. The number of carbonyl (C=O) groups excluding carboxylic acids is 5. The Kier molecular flexibility index (Phi) is 11.0. The number of nitrogens with zero attached hydrogens (tertiary/aromatic N) is 6. The number of ketones is 1. The number of Topliss-reactive ketones (excluding diaryl/α,β-unsaturated/α-hetero) is 1. The molecule has 15 nitrogen and oxygen atoms in total. The Morgan fingerprint density at radius 1 is 0.815 bits per heavy atom. The maximum Gasteiger partial charge on any atom is 0.414 e. The highest BCUT2D eigenvalue weighted by atomic mass is 19.1. The molecule has 4 aliphatic heterocycles. The van der Waals surface area contributed by atoms with Crippen LogP contribution in [0.5, 0.6) is 0 Å². The summed E-state index contributed by atoms with van der Waals surface area (Å²) < 4.78 is 39.8. The fourth-order valence-electron chi connectivity index (χ4n) is 6.50. The minimum absolute atomic E-state index is 0.0140. The maximum atomic E-state index is 14.8. The number of allylic oxidation sites excluding steroid dienone is 1. The number of cyclic esters (lactones) is 2. The molecule has 284 valence electrons. The Labute approximate surface area is 309 Å². The minimum Gasteiger partial charge on any atom is -0.442 e. The van der Waals surface area contributed by atoms with E-state index in [2.05, 4.69) is 20.6 Å². The minimum atomic E-state index is -0.583. The number of carbonyl (C=O) groups is 5. The third kappa shape index (κ3) is 8.40. The maximum absolute atomic E-state index is 14.8. The highest BCUT2D eigenvalue weighted by Crippen LogP contribution is 2.33. The number of aromatic nitrogens is 2. The van der Waals surface area contributed by atoms with Gasteiger partial charge in [-0.3, -0.25) is 24.2 Å². The molecule has 2 aromatic carbocycles. The predicted octanol–water partition coefficient (Wildman–Crippen LogP) is 3.53. The summed E-state index contributed by atoms with van der Waals surface area (Å²) in [6, 6.07) is 9.13. The van der Waals surface area contributed by atoms with Crippen molar-refractivity contribution in [3.05, 3.63) is 83.0 Å². The van der Waals surface area contributed by atoms with Gasteiger partial charge in [0.15, 0.2) is 5.78 Å². The Bertz CT molecular complexity index is 2030. The molecule has 3 fully saturated rings. The number of halogens is 2. The summed E-state index contributed by atoms with van der Waals surface area (Å²) in [7, 11) is 0. The van der Waals surface area contributed by atoms with Gasteiger partial charge in [0.05, 0.1) is 67.7 Å². The number of amides is 4. The van der Waals surface area contributed by atoms with Crippen molar-refractivity contribution >= 4 is 52.5 Å². The number of rotatable bonds is 8. The summed E-state index contributed by atoms with van der Waals surface area (Å²) in [5, 5.41) is 5.21. The highest BCUT2D eigenvalue weighted by molar-refractivity contribution is 6.03. The molecule has 4 amide bonds. The number of ether oxygens (including phenoxy) is 2. The zero-order valence-electron chi connectivity index (χ0n) is 30.2. The van der Waals surface area contributed by atoms with E-state index in [9.17, 15) is 32.8 Å². The van der Waals surface area contributed by atoms with E-state index in [-0.39, 0.29) is 50.3 Å². The smallest absolute Gasteiger partial charge is 0.414 e. The number of aryl methyl sites for hydroxylation is 1. The van der Waals surface area contributed by atoms with Crippen LogP contribution in [0.25, 0.3) is 0 Å². The zero-order valence-corrected chi connectivity index (χ0v) is 30.2. The third-order valence-corrected chi connectivity index (χ3v) is 9.25. The van der Waals surface area contributed by atoms with Gasteiger partial charge < -0.3 is 29.9 Å². The lowest BCUT2D eigenvalue weighted by Gasteiger charge is -2.20. The first kappa shape index (κ1) is 37.6. The van der Waals surface area contributed by atoms with E-state index in [1.165, 1.54) is 35.8 Å². The lowest BCUT2D eigenvalue weighted by atomic mass is 10.2. The molecule has 0 saturated carbocycles. The Hall–Kier alpha value is -6.13. The average molecular weight is 747 g/mol. The van der Waals surface area contributed by atoms with Crippen LogP contribution >= 0.6 is 0 Å². The first-order chi connectivity index (χ1) is 25.8. The lowest BCUT2D eigenvalue weighted by molar-refractivity contribution is -0.120. The monoisotopic (exact) mass is 746 g/mol. The van der Waals surface area contributed by atoms with E-state index in [0.717, 1.165) is 11.3 Å². The molecule has 5 heterocycles. The van der Waals surface area contributed by atoms with Crippen LogP contribution in [0.15, 0.2) is 54.2 Å². The van der Waals surface area contributed by atoms with Crippen molar-refractivity contribution in [3.8, 4) is 0 Å². The molecular weight excluding hydrogens is 706 g/mol. The van der Waals surface area contributed by atoms with Gasteiger partial charge >= 0.3 is 12.2 Å². The molecule has 0 spiro atoms. The van der Waals surface area contributed by atoms with E-state index >= 15 is 0 Å². The van der Waals surface area contributed by atoms with E-state index in [0.29, 0.717) is 53.8 Å². The van der Waals surface area contributed by atoms with Crippen LogP contribution in [-0.4, -0.2) is 91.2 Å². The summed E-state index contributed by atoms with van der Waals surface area (Å²) in [6.45, 7) is 8.86. The second-order valence-electron chi connectivity index (χ2n) is 13.2. The number of anilines is 4. The van der Waals surface area contributed by atoms with Crippen LogP contribution in [0.4, 0.5) is 41.1 Å². The summed E-state index contributed by atoms with van der Waals surface area (Å²) in [4.78, 5) is 72.8. The van der Waals surface area contributed by atoms with Crippen molar-refractivity contribution in [1.29, 1.82) is 0 Å². The summed E-state index contributed by atoms with van der Waals surface area (Å²) in [5.41, 5.74) is 4.11. The molecule has 0 unspecified atom stereocenters. The lowest BCUT2D eigenvalue weighted by Crippen LogP contribution is -2.33. The van der Waals surface area contributed by atoms with Gasteiger partial charge in [-0.2, -0.15) is 0 Å². The van der Waals surface area contributed by atoms with Crippen molar-refractivity contribution in [2.24, 2.45) is 0 Å². The van der Waals surface area contributed by atoms with Crippen molar-refractivity contribution in [1.82, 2.24) is 20.6 Å². The Morgan fingerprint density at radius 2 is 1.33 bits per heavy atom. The van der Waals surface area contributed by atoms with Gasteiger partial charge in [0.1, 0.15) is 29.7 Å². The first-order valence-corrected chi connectivity index (χ1v) is 17.3. The molecular formula is C37H40F2N8O7. The van der Waals surface area contributed by atoms with Crippen LogP contribution in [0.1, 0.15) is 37.9 Å².